The maximum Gasteiger partial charge on any atom is 0.255 e. The molecule has 1 amide bonds. The molecule has 1 aromatic heterocycles. The Labute approximate surface area is 130 Å². The Morgan fingerprint density at radius 3 is 2.55 bits per heavy atom. The Balaban J connectivity index is 2.18. The van der Waals surface area contributed by atoms with E-state index < -0.39 is 0 Å². The van der Waals surface area contributed by atoms with Crippen molar-refractivity contribution in [1.29, 1.82) is 0 Å². The van der Waals surface area contributed by atoms with Gasteiger partial charge in [0.05, 0.1) is 25.5 Å². The van der Waals surface area contributed by atoms with Gasteiger partial charge in [-0.1, -0.05) is 12.1 Å². The Morgan fingerprint density at radius 1 is 1.27 bits per heavy atom. The molecule has 0 saturated carbocycles. The Hall–Kier alpha value is -2.50. The third-order valence-corrected chi connectivity index (χ3v) is 3.66. The summed E-state index contributed by atoms with van der Waals surface area (Å²) >= 11 is 0. The zero-order valence-corrected chi connectivity index (χ0v) is 13.6. The normalized spacial score (nSPS) is 10.4. The highest BCUT2D eigenvalue weighted by molar-refractivity contribution is 5.96. The molecule has 0 bridgehead atoms. The van der Waals surface area contributed by atoms with Gasteiger partial charge in [-0.2, -0.15) is 5.10 Å². The van der Waals surface area contributed by atoms with Gasteiger partial charge in [0.1, 0.15) is 0 Å². The first kappa shape index (κ1) is 15.9. The van der Waals surface area contributed by atoms with Crippen LogP contribution in [0, 0.1) is 13.8 Å². The minimum absolute atomic E-state index is 0.145. The lowest BCUT2D eigenvalue weighted by atomic mass is 10.1. The Morgan fingerprint density at radius 2 is 2.00 bits per heavy atom. The van der Waals surface area contributed by atoms with Gasteiger partial charge in [0.25, 0.3) is 5.91 Å². The van der Waals surface area contributed by atoms with E-state index in [1.165, 1.54) is 0 Å². The SMILES string of the molecule is COc1cccc(CNC(=O)c2c(C)nn(C)c2C)c1OC. The van der Waals surface area contributed by atoms with E-state index in [2.05, 4.69) is 10.4 Å². The molecule has 1 aromatic carbocycles. The van der Waals surface area contributed by atoms with Gasteiger partial charge >= 0.3 is 0 Å². The van der Waals surface area contributed by atoms with Gasteiger partial charge in [0, 0.05) is 24.8 Å². The molecule has 22 heavy (non-hydrogen) atoms. The van der Waals surface area contributed by atoms with Gasteiger partial charge in [0.15, 0.2) is 11.5 Å². The van der Waals surface area contributed by atoms with Crippen molar-refractivity contribution < 1.29 is 14.3 Å². The molecule has 1 heterocycles. The van der Waals surface area contributed by atoms with E-state index in [1.807, 2.05) is 39.1 Å². The largest absolute Gasteiger partial charge is 0.493 e. The monoisotopic (exact) mass is 303 g/mol. The average molecular weight is 303 g/mol. The predicted molar refractivity (Wildman–Crippen MR) is 83.4 cm³/mol. The standard InChI is InChI=1S/C16H21N3O3/c1-10-14(11(2)19(3)18-10)16(20)17-9-12-7-6-8-13(21-4)15(12)22-5/h6-8H,9H2,1-5H3,(H,17,20). The second-order valence-corrected chi connectivity index (χ2v) is 5.00. The molecular weight excluding hydrogens is 282 g/mol. The number of ether oxygens (including phenoxy) is 2. The number of hydrogen-bond donors (Lipinski definition) is 1. The van der Waals surface area contributed by atoms with E-state index in [1.54, 1.807) is 18.9 Å². The molecule has 118 valence electrons. The van der Waals surface area contributed by atoms with Gasteiger partial charge in [-0.05, 0) is 19.9 Å². The highest BCUT2D eigenvalue weighted by Gasteiger charge is 2.18. The molecule has 0 atom stereocenters. The molecular formula is C16H21N3O3. The highest BCUT2D eigenvalue weighted by atomic mass is 16.5. The topological polar surface area (TPSA) is 65.4 Å². The van der Waals surface area contributed by atoms with Crippen LogP contribution in [0.4, 0.5) is 0 Å². The lowest BCUT2D eigenvalue weighted by Crippen LogP contribution is -2.24. The number of aryl methyl sites for hydroxylation is 2. The molecule has 0 aliphatic heterocycles. The number of aromatic nitrogens is 2. The lowest BCUT2D eigenvalue weighted by molar-refractivity contribution is 0.0949. The number of benzene rings is 1. The van der Waals surface area contributed by atoms with Crippen LogP contribution >= 0.6 is 0 Å². The highest BCUT2D eigenvalue weighted by Crippen LogP contribution is 2.30. The minimum Gasteiger partial charge on any atom is -0.493 e. The summed E-state index contributed by atoms with van der Waals surface area (Å²) < 4.78 is 12.3. The smallest absolute Gasteiger partial charge is 0.255 e. The first-order chi connectivity index (χ1) is 10.5. The van der Waals surface area contributed by atoms with Crippen LogP contribution in [-0.4, -0.2) is 29.9 Å². The number of hydrogen-bond acceptors (Lipinski definition) is 4. The van der Waals surface area contributed by atoms with Crippen LogP contribution in [0.2, 0.25) is 0 Å². The van der Waals surface area contributed by atoms with E-state index >= 15 is 0 Å². The van der Waals surface area contributed by atoms with E-state index in [0.717, 1.165) is 17.0 Å². The quantitative estimate of drug-likeness (QED) is 0.917. The van der Waals surface area contributed by atoms with E-state index in [9.17, 15) is 4.79 Å². The maximum absolute atomic E-state index is 12.4. The van der Waals surface area contributed by atoms with Crippen molar-refractivity contribution in [3.63, 3.8) is 0 Å². The summed E-state index contributed by atoms with van der Waals surface area (Å²) in [6.45, 7) is 4.06. The van der Waals surface area contributed by atoms with Crippen LogP contribution in [0.15, 0.2) is 18.2 Å². The summed E-state index contributed by atoms with van der Waals surface area (Å²) in [5.74, 6) is 1.13. The van der Waals surface area contributed by atoms with Gasteiger partial charge in [-0.3, -0.25) is 9.48 Å². The van der Waals surface area contributed by atoms with Crippen LogP contribution in [0.25, 0.3) is 0 Å². The molecule has 0 aliphatic carbocycles. The fraction of sp³-hybridized carbons (Fsp3) is 0.375. The van der Waals surface area contributed by atoms with Crippen molar-refractivity contribution in [3.05, 3.63) is 40.7 Å². The molecule has 2 aromatic rings. The minimum atomic E-state index is -0.145. The predicted octanol–water partition coefficient (Wildman–Crippen LogP) is 1.98. The number of para-hydroxylation sites is 1. The third-order valence-electron chi connectivity index (χ3n) is 3.66. The van der Waals surface area contributed by atoms with Crippen molar-refractivity contribution in [1.82, 2.24) is 15.1 Å². The first-order valence-corrected chi connectivity index (χ1v) is 6.97. The molecule has 0 spiro atoms. The van der Waals surface area contributed by atoms with Gasteiger partial charge in [0.2, 0.25) is 0 Å². The first-order valence-electron chi connectivity index (χ1n) is 6.97. The molecule has 0 fully saturated rings. The number of amides is 1. The number of carbonyl (C=O) groups is 1. The molecule has 0 saturated heterocycles. The van der Waals surface area contributed by atoms with Crippen molar-refractivity contribution in [2.24, 2.45) is 7.05 Å². The fourth-order valence-corrected chi connectivity index (χ4v) is 2.46. The molecule has 1 N–H and O–H groups in total. The second kappa shape index (κ2) is 6.51. The lowest BCUT2D eigenvalue weighted by Gasteiger charge is -2.13. The number of nitrogens with one attached hydrogen (secondary N) is 1. The van der Waals surface area contributed by atoms with Gasteiger partial charge in [-0.15, -0.1) is 0 Å². The summed E-state index contributed by atoms with van der Waals surface area (Å²) in [5, 5.41) is 7.17. The zero-order chi connectivity index (χ0) is 16.3. The summed E-state index contributed by atoms with van der Waals surface area (Å²) in [5.41, 5.74) is 3.03. The fourth-order valence-electron chi connectivity index (χ4n) is 2.46. The van der Waals surface area contributed by atoms with Crippen LogP contribution in [0.5, 0.6) is 11.5 Å². The van der Waals surface area contributed by atoms with E-state index in [4.69, 9.17) is 9.47 Å². The summed E-state index contributed by atoms with van der Waals surface area (Å²) in [4.78, 5) is 12.4. The Kier molecular flexibility index (Phi) is 4.70. The van der Waals surface area contributed by atoms with Gasteiger partial charge < -0.3 is 14.8 Å². The number of carbonyl (C=O) groups excluding carboxylic acids is 1. The summed E-state index contributed by atoms with van der Waals surface area (Å²) in [7, 11) is 4.99. The molecule has 0 unspecified atom stereocenters. The summed E-state index contributed by atoms with van der Waals surface area (Å²) in [6.07, 6.45) is 0. The van der Waals surface area contributed by atoms with Crippen molar-refractivity contribution in [3.8, 4) is 11.5 Å². The van der Waals surface area contributed by atoms with Crippen molar-refractivity contribution in [2.45, 2.75) is 20.4 Å². The van der Waals surface area contributed by atoms with Crippen LogP contribution in [0.1, 0.15) is 27.3 Å². The number of methoxy groups -OCH3 is 2. The molecule has 0 radical (unpaired) electrons. The maximum atomic E-state index is 12.4. The molecule has 2 rings (SSSR count). The van der Waals surface area contributed by atoms with Crippen LogP contribution in [0.3, 0.4) is 0 Å². The van der Waals surface area contributed by atoms with Gasteiger partial charge in [-0.25, -0.2) is 0 Å². The van der Waals surface area contributed by atoms with Crippen LogP contribution < -0.4 is 14.8 Å². The van der Waals surface area contributed by atoms with Crippen molar-refractivity contribution in [2.75, 3.05) is 14.2 Å². The van der Waals surface area contributed by atoms with Crippen molar-refractivity contribution >= 4 is 5.91 Å². The second-order valence-electron chi connectivity index (χ2n) is 5.00. The van der Waals surface area contributed by atoms with Crippen LogP contribution in [-0.2, 0) is 13.6 Å². The average Bonchev–Trinajstić information content (AvgIpc) is 2.77. The third kappa shape index (κ3) is 2.90. The molecule has 0 aliphatic rings. The number of rotatable bonds is 5. The Bertz CT molecular complexity index is 692. The van der Waals surface area contributed by atoms with E-state index in [0.29, 0.717) is 23.6 Å². The summed E-state index contributed by atoms with van der Waals surface area (Å²) in [6, 6.07) is 5.58. The molecule has 6 heteroatoms. The zero-order valence-electron chi connectivity index (χ0n) is 13.6. The number of nitrogens with zero attached hydrogens (tertiary/aromatic N) is 2. The molecule has 6 nitrogen and oxygen atoms in total. The van der Waals surface area contributed by atoms with E-state index in [-0.39, 0.29) is 5.91 Å².